The van der Waals surface area contributed by atoms with Gasteiger partial charge in [-0.25, -0.2) is 0 Å². The molecule has 16 heavy (non-hydrogen) atoms. The SMILES string of the molecule is COC(=O)C[C@]1(N)CC[C@H]2[C@H](C(=O)OC)[C@H]21. The van der Waals surface area contributed by atoms with Gasteiger partial charge >= 0.3 is 11.9 Å². The van der Waals surface area contributed by atoms with Gasteiger partial charge < -0.3 is 15.2 Å². The van der Waals surface area contributed by atoms with Crippen LogP contribution in [0, 0.1) is 17.8 Å². The van der Waals surface area contributed by atoms with Crippen molar-refractivity contribution in [3.63, 3.8) is 0 Å². The van der Waals surface area contributed by atoms with Crippen LogP contribution in [0.25, 0.3) is 0 Å². The minimum atomic E-state index is -0.573. The van der Waals surface area contributed by atoms with Crippen molar-refractivity contribution in [3.8, 4) is 0 Å². The monoisotopic (exact) mass is 227 g/mol. The first kappa shape index (κ1) is 11.4. The van der Waals surface area contributed by atoms with E-state index in [0.29, 0.717) is 5.92 Å². The number of fused-ring (bicyclic) bond motifs is 1. The summed E-state index contributed by atoms with van der Waals surface area (Å²) in [4.78, 5) is 22.7. The highest BCUT2D eigenvalue weighted by atomic mass is 16.5. The fourth-order valence-corrected chi connectivity index (χ4v) is 3.12. The Morgan fingerprint density at radius 3 is 2.62 bits per heavy atom. The van der Waals surface area contributed by atoms with Crippen molar-refractivity contribution in [1.82, 2.24) is 0 Å². The molecule has 2 saturated carbocycles. The number of carbonyl (C=O) groups is 2. The molecule has 2 aliphatic rings. The van der Waals surface area contributed by atoms with Crippen molar-refractivity contribution in [2.45, 2.75) is 24.8 Å². The molecular formula is C11H17NO4. The van der Waals surface area contributed by atoms with Crippen molar-refractivity contribution in [2.24, 2.45) is 23.5 Å². The topological polar surface area (TPSA) is 78.6 Å². The second kappa shape index (κ2) is 3.73. The summed E-state index contributed by atoms with van der Waals surface area (Å²) in [6.45, 7) is 0. The number of nitrogens with two attached hydrogens (primary N) is 1. The van der Waals surface area contributed by atoms with Gasteiger partial charge in [-0.05, 0) is 24.7 Å². The molecule has 0 unspecified atom stereocenters. The first-order valence-corrected chi connectivity index (χ1v) is 5.47. The van der Waals surface area contributed by atoms with E-state index < -0.39 is 5.54 Å². The quantitative estimate of drug-likeness (QED) is 0.690. The second-order valence-electron chi connectivity index (χ2n) is 4.76. The van der Waals surface area contributed by atoms with Crippen LogP contribution in [-0.4, -0.2) is 31.7 Å². The summed E-state index contributed by atoms with van der Waals surface area (Å²) < 4.78 is 9.36. The van der Waals surface area contributed by atoms with Crippen LogP contribution >= 0.6 is 0 Å². The molecule has 0 radical (unpaired) electrons. The molecule has 0 aromatic rings. The highest BCUT2D eigenvalue weighted by Gasteiger charge is 2.67. The van der Waals surface area contributed by atoms with Gasteiger partial charge in [0.15, 0.2) is 0 Å². The Morgan fingerprint density at radius 2 is 2.06 bits per heavy atom. The molecule has 0 bridgehead atoms. The summed E-state index contributed by atoms with van der Waals surface area (Å²) >= 11 is 0. The maximum absolute atomic E-state index is 11.4. The Kier molecular flexibility index (Phi) is 2.66. The summed E-state index contributed by atoms with van der Waals surface area (Å²) in [5, 5.41) is 0. The lowest BCUT2D eigenvalue weighted by molar-refractivity contribution is -0.145. The number of methoxy groups -OCH3 is 2. The molecule has 5 nitrogen and oxygen atoms in total. The lowest BCUT2D eigenvalue weighted by atomic mass is 9.88. The van der Waals surface area contributed by atoms with E-state index in [4.69, 9.17) is 10.5 Å². The van der Waals surface area contributed by atoms with Crippen LogP contribution in [-0.2, 0) is 19.1 Å². The highest BCUT2D eigenvalue weighted by molar-refractivity contribution is 5.78. The molecule has 4 atom stereocenters. The first-order valence-electron chi connectivity index (χ1n) is 5.47. The van der Waals surface area contributed by atoms with Crippen LogP contribution in [0.5, 0.6) is 0 Å². The Hall–Kier alpha value is -1.10. The van der Waals surface area contributed by atoms with Gasteiger partial charge in [0.1, 0.15) is 0 Å². The van der Waals surface area contributed by atoms with Gasteiger partial charge in [0.05, 0.1) is 26.6 Å². The number of hydrogen-bond acceptors (Lipinski definition) is 5. The standard InChI is InChI=1S/C11H17NO4/c1-15-7(13)5-11(12)4-3-6-8(9(6)11)10(14)16-2/h6,8-9H,3-5,12H2,1-2H3/t6-,8-,9-,11+/m0/s1. The molecule has 2 N–H and O–H groups in total. The Labute approximate surface area is 94.3 Å². The molecule has 90 valence electrons. The van der Waals surface area contributed by atoms with Crippen molar-refractivity contribution in [1.29, 1.82) is 0 Å². The number of ether oxygens (including phenoxy) is 2. The smallest absolute Gasteiger partial charge is 0.309 e. The Bertz CT molecular complexity index is 330. The first-order chi connectivity index (χ1) is 7.53. The number of esters is 2. The van der Waals surface area contributed by atoms with Gasteiger partial charge in [-0.3, -0.25) is 9.59 Å². The lowest BCUT2D eigenvalue weighted by Gasteiger charge is -2.25. The predicted octanol–water partition coefficient (Wildman–Crippen LogP) is 0.0760. The van der Waals surface area contributed by atoms with Gasteiger partial charge in [-0.15, -0.1) is 0 Å². The average molecular weight is 227 g/mol. The maximum Gasteiger partial charge on any atom is 0.309 e. The maximum atomic E-state index is 11.4. The number of rotatable bonds is 3. The van der Waals surface area contributed by atoms with Crippen LogP contribution in [0.3, 0.4) is 0 Å². The number of carbonyl (C=O) groups excluding carboxylic acids is 2. The predicted molar refractivity (Wildman–Crippen MR) is 55.3 cm³/mol. The minimum absolute atomic E-state index is 0.0963. The van der Waals surface area contributed by atoms with Crippen LogP contribution < -0.4 is 5.73 Å². The summed E-state index contributed by atoms with van der Waals surface area (Å²) in [7, 11) is 2.73. The van der Waals surface area contributed by atoms with Crippen LogP contribution in [0.1, 0.15) is 19.3 Å². The van der Waals surface area contributed by atoms with E-state index >= 15 is 0 Å². The fraction of sp³-hybridized carbons (Fsp3) is 0.818. The lowest BCUT2D eigenvalue weighted by Crippen LogP contribution is -2.44. The zero-order chi connectivity index (χ0) is 11.9. The zero-order valence-corrected chi connectivity index (χ0v) is 9.56. The van der Waals surface area contributed by atoms with Crippen molar-refractivity contribution < 1.29 is 19.1 Å². The molecule has 0 aromatic heterocycles. The summed E-state index contributed by atoms with van der Waals surface area (Å²) in [5.41, 5.74) is 5.62. The Morgan fingerprint density at radius 1 is 1.38 bits per heavy atom. The third-order valence-corrected chi connectivity index (χ3v) is 3.95. The molecule has 0 saturated heterocycles. The summed E-state index contributed by atoms with van der Waals surface area (Å²) in [5.74, 6) is -0.206. The molecule has 0 aromatic carbocycles. The van der Waals surface area contributed by atoms with Crippen LogP contribution in [0.2, 0.25) is 0 Å². The minimum Gasteiger partial charge on any atom is -0.469 e. The molecule has 0 aliphatic heterocycles. The molecule has 5 heteroatoms. The Balaban J connectivity index is 2.03. The molecule has 2 rings (SSSR count). The molecule has 0 amide bonds. The third-order valence-electron chi connectivity index (χ3n) is 3.95. The van der Waals surface area contributed by atoms with E-state index in [-0.39, 0.29) is 30.2 Å². The van der Waals surface area contributed by atoms with Crippen molar-refractivity contribution in [2.75, 3.05) is 14.2 Å². The van der Waals surface area contributed by atoms with E-state index in [9.17, 15) is 9.59 Å². The largest absolute Gasteiger partial charge is 0.469 e. The fourth-order valence-electron chi connectivity index (χ4n) is 3.12. The highest BCUT2D eigenvalue weighted by Crippen LogP contribution is 2.62. The number of hydrogen-bond donors (Lipinski definition) is 1. The van der Waals surface area contributed by atoms with Crippen molar-refractivity contribution >= 4 is 11.9 Å². The normalized spacial score (nSPS) is 40.1. The van der Waals surface area contributed by atoms with Gasteiger partial charge in [-0.2, -0.15) is 0 Å². The molecule has 2 aliphatic carbocycles. The van der Waals surface area contributed by atoms with E-state index in [1.807, 2.05) is 0 Å². The molecule has 0 heterocycles. The van der Waals surface area contributed by atoms with Gasteiger partial charge in [-0.1, -0.05) is 0 Å². The van der Waals surface area contributed by atoms with E-state index in [0.717, 1.165) is 12.8 Å². The van der Waals surface area contributed by atoms with Crippen LogP contribution in [0.15, 0.2) is 0 Å². The van der Waals surface area contributed by atoms with Gasteiger partial charge in [0.25, 0.3) is 0 Å². The third kappa shape index (κ3) is 1.59. The van der Waals surface area contributed by atoms with Crippen molar-refractivity contribution in [3.05, 3.63) is 0 Å². The zero-order valence-electron chi connectivity index (χ0n) is 9.56. The van der Waals surface area contributed by atoms with Crippen LogP contribution in [0.4, 0.5) is 0 Å². The van der Waals surface area contributed by atoms with E-state index in [1.165, 1.54) is 14.2 Å². The van der Waals surface area contributed by atoms with Gasteiger partial charge in [0.2, 0.25) is 0 Å². The van der Waals surface area contributed by atoms with E-state index in [1.54, 1.807) is 0 Å². The van der Waals surface area contributed by atoms with E-state index in [2.05, 4.69) is 4.74 Å². The summed E-state index contributed by atoms with van der Waals surface area (Å²) in [6, 6.07) is 0. The second-order valence-corrected chi connectivity index (χ2v) is 4.76. The molecule has 0 spiro atoms. The van der Waals surface area contributed by atoms with Gasteiger partial charge in [0, 0.05) is 5.54 Å². The molecular weight excluding hydrogens is 210 g/mol. The summed E-state index contributed by atoms with van der Waals surface area (Å²) in [6.07, 6.45) is 1.88. The molecule has 2 fully saturated rings. The average Bonchev–Trinajstić information content (AvgIpc) is 2.92.